The Bertz CT molecular complexity index is 425. The molecule has 1 aromatic rings. The summed E-state index contributed by atoms with van der Waals surface area (Å²) in [6, 6.07) is 8.53. The van der Waals surface area contributed by atoms with Crippen LogP contribution in [-0.2, 0) is 0 Å². The van der Waals surface area contributed by atoms with Crippen LogP contribution in [0.3, 0.4) is 0 Å². The first kappa shape index (κ1) is 12.0. The highest BCUT2D eigenvalue weighted by Crippen LogP contribution is 2.24. The molecule has 0 aliphatic carbocycles. The second kappa shape index (κ2) is 5.22. The molecule has 2 rings (SSSR count). The molecule has 0 spiro atoms. The highest BCUT2D eigenvalue weighted by molar-refractivity contribution is 5.69. The molecule has 0 N–H and O–H groups in total. The number of benzene rings is 1. The number of nitrogens with zero attached hydrogens (tertiary/aromatic N) is 1. The van der Waals surface area contributed by atoms with Gasteiger partial charge in [-0.15, -0.1) is 0 Å². The third-order valence-electron chi connectivity index (χ3n) is 3.43. The van der Waals surface area contributed by atoms with Crippen molar-refractivity contribution in [2.75, 3.05) is 13.1 Å². The van der Waals surface area contributed by atoms with Crippen LogP contribution in [0.5, 0.6) is 0 Å². The van der Waals surface area contributed by atoms with Gasteiger partial charge >= 0.3 is 0 Å². The minimum Gasteiger partial charge on any atom is -0.372 e. The van der Waals surface area contributed by atoms with E-state index in [4.69, 9.17) is 0 Å². The van der Waals surface area contributed by atoms with E-state index in [9.17, 15) is 0 Å². The van der Waals surface area contributed by atoms with Crippen molar-refractivity contribution >= 4 is 11.3 Å². The van der Waals surface area contributed by atoms with E-state index in [2.05, 4.69) is 42.3 Å². The van der Waals surface area contributed by atoms with Crippen molar-refractivity contribution in [1.82, 2.24) is 4.90 Å². The monoisotopic (exact) mass is 227 g/mol. The average molecular weight is 227 g/mol. The van der Waals surface area contributed by atoms with Gasteiger partial charge < -0.3 is 4.90 Å². The summed E-state index contributed by atoms with van der Waals surface area (Å²) in [5, 5.41) is 0. The van der Waals surface area contributed by atoms with E-state index < -0.39 is 0 Å². The van der Waals surface area contributed by atoms with E-state index in [1.807, 2.05) is 6.92 Å². The van der Waals surface area contributed by atoms with Gasteiger partial charge in [0.2, 0.25) is 0 Å². The Kier molecular flexibility index (Phi) is 3.68. The quantitative estimate of drug-likeness (QED) is 0.749. The minimum absolute atomic E-state index is 1.11. The Hall–Kier alpha value is -1.50. The maximum absolute atomic E-state index is 4.25. The molecule has 1 nitrogen and oxygen atoms in total. The largest absolute Gasteiger partial charge is 0.372 e. The van der Waals surface area contributed by atoms with Crippen molar-refractivity contribution in [1.29, 1.82) is 0 Å². The Balaban J connectivity index is 2.18. The van der Waals surface area contributed by atoms with Crippen LogP contribution in [0.2, 0.25) is 0 Å². The lowest BCUT2D eigenvalue weighted by Crippen LogP contribution is -2.27. The van der Waals surface area contributed by atoms with Gasteiger partial charge in [0.15, 0.2) is 0 Å². The van der Waals surface area contributed by atoms with E-state index in [1.54, 1.807) is 0 Å². The molecule has 1 aliphatic heterocycles. The SMILES string of the molecule is C=C(C)c1cccc(C(=C)N2CCCCC2)c1. The fraction of sp³-hybridized carbons (Fsp3) is 0.375. The summed E-state index contributed by atoms with van der Waals surface area (Å²) in [6.07, 6.45) is 3.94. The van der Waals surface area contributed by atoms with Crippen LogP contribution < -0.4 is 0 Å². The molecule has 1 fully saturated rings. The Morgan fingerprint density at radius 1 is 1.06 bits per heavy atom. The molecule has 1 aliphatic rings. The number of hydrogen-bond acceptors (Lipinski definition) is 1. The predicted octanol–water partition coefficient (Wildman–Crippen LogP) is 4.18. The first-order chi connectivity index (χ1) is 8.18. The van der Waals surface area contributed by atoms with Crippen molar-refractivity contribution in [2.24, 2.45) is 0 Å². The van der Waals surface area contributed by atoms with Gasteiger partial charge in [0.1, 0.15) is 0 Å². The highest BCUT2D eigenvalue weighted by Gasteiger charge is 2.13. The number of likely N-dealkylation sites (tertiary alicyclic amines) is 1. The molecule has 0 unspecified atom stereocenters. The van der Waals surface area contributed by atoms with Gasteiger partial charge in [-0.2, -0.15) is 0 Å². The topological polar surface area (TPSA) is 3.24 Å². The zero-order valence-electron chi connectivity index (χ0n) is 10.7. The fourth-order valence-corrected chi connectivity index (χ4v) is 2.31. The average Bonchev–Trinajstić information content (AvgIpc) is 2.39. The molecule has 0 amide bonds. The molecule has 1 aromatic carbocycles. The molecule has 0 atom stereocenters. The van der Waals surface area contributed by atoms with Crippen LogP contribution in [0.4, 0.5) is 0 Å². The lowest BCUT2D eigenvalue weighted by molar-refractivity contribution is 0.326. The summed E-state index contributed by atoms with van der Waals surface area (Å²) in [5.74, 6) is 0. The highest BCUT2D eigenvalue weighted by atomic mass is 15.1. The summed E-state index contributed by atoms with van der Waals surface area (Å²) >= 11 is 0. The maximum atomic E-state index is 4.25. The smallest absolute Gasteiger partial charge is 0.0367 e. The third kappa shape index (κ3) is 2.79. The third-order valence-corrected chi connectivity index (χ3v) is 3.43. The van der Waals surface area contributed by atoms with Gasteiger partial charge in [0.25, 0.3) is 0 Å². The van der Waals surface area contributed by atoms with Gasteiger partial charge in [0.05, 0.1) is 0 Å². The van der Waals surface area contributed by atoms with Crippen LogP contribution in [-0.4, -0.2) is 18.0 Å². The standard InChI is InChI=1S/C16H21N/c1-13(2)15-8-7-9-16(12-15)14(3)17-10-5-4-6-11-17/h7-9,12H,1,3-6,10-11H2,2H3. The summed E-state index contributed by atoms with van der Waals surface area (Å²) in [4.78, 5) is 2.40. The molecule has 1 heterocycles. The Morgan fingerprint density at radius 2 is 1.71 bits per heavy atom. The van der Waals surface area contributed by atoms with Crippen LogP contribution in [0.1, 0.15) is 37.3 Å². The van der Waals surface area contributed by atoms with Gasteiger partial charge in [-0.3, -0.25) is 0 Å². The van der Waals surface area contributed by atoms with E-state index >= 15 is 0 Å². The van der Waals surface area contributed by atoms with Crippen molar-refractivity contribution in [3.63, 3.8) is 0 Å². The summed E-state index contributed by atoms with van der Waals surface area (Å²) in [6.45, 7) is 12.6. The van der Waals surface area contributed by atoms with Crippen molar-refractivity contribution in [2.45, 2.75) is 26.2 Å². The molecule has 1 saturated heterocycles. The summed E-state index contributed by atoms with van der Waals surface area (Å²) < 4.78 is 0. The van der Waals surface area contributed by atoms with Crippen molar-refractivity contribution in [3.05, 3.63) is 48.6 Å². The zero-order chi connectivity index (χ0) is 12.3. The van der Waals surface area contributed by atoms with Gasteiger partial charge in [0, 0.05) is 18.8 Å². The fourth-order valence-electron chi connectivity index (χ4n) is 2.31. The first-order valence-electron chi connectivity index (χ1n) is 6.38. The van der Waals surface area contributed by atoms with Crippen LogP contribution in [0, 0.1) is 0 Å². The van der Waals surface area contributed by atoms with E-state index in [0.29, 0.717) is 0 Å². The molecule has 0 bridgehead atoms. The lowest BCUT2D eigenvalue weighted by atomic mass is 10.0. The van der Waals surface area contributed by atoms with Crippen molar-refractivity contribution in [3.8, 4) is 0 Å². The number of hydrogen-bond donors (Lipinski definition) is 0. The van der Waals surface area contributed by atoms with Crippen LogP contribution >= 0.6 is 0 Å². The summed E-state index contributed by atoms with van der Waals surface area (Å²) in [7, 11) is 0. The molecular formula is C16H21N. The number of piperidine rings is 1. The minimum atomic E-state index is 1.11. The molecule has 0 saturated carbocycles. The zero-order valence-corrected chi connectivity index (χ0v) is 10.7. The number of rotatable bonds is 3. The predicted molar refractivity (Wildman–Crippen MR) is 75.6 cm³/mol. The molecular weight excluding hydrogens is 206 g/mol. The second-order valence-corrected chi connectivity index (χ2v) is 4.86. The maximum Gasteiger partial charge on any atom is 0.0367 e. The van der Waals surface area contributed by atoms with Crippen LogP contribution in [0.25, 0.3) is 11.3 Å². The van der Waals surface area contributed by atoms with Crippen LogP contribution in [0.15, 0.2) is 37.4 Å². The molecule has 1 heteroatoms. The normalized spacial score (nSPS) is 15.7. The van der Waals surface area contributed by atoms with E-state index in [-0.39, 0.29) is 0 Å². The van der Waals surface area contributed by atoms with E-state index in [0.717, 1.165) is 24.4 Å². The van der Waals surface area contributed by atoms with Gasteiger partial charge in [-0.1, -0.05) is 36.9 Å². The molecule has 90 valence electrons. The lowest BCUT2D eigenvalue weighted by Gasteiger charge is -2.30. The van der Waals surface area contributed by atoms with Gasteiger partial charge in [-0.05, 0) is 43.4 Å². The molecule has 0 aromatic heterocycles. The molecule has 17 heavy (non-hydrogen) atoms. The second-order valence-electron chi connectivity index (χ2n) is 4.86. The Labute approximate surface area is 104 Å². The number of allylic oxidation sites excluding steroid dienone is 1. The van der Waals surface area contributed by atoms with Crippen molar-refractivity contribution < 1.29 is 0 Å². The van der Waals surface area contributed by atoms with Gasteiger partial charge in [-0.25, -0.2) is 0 Å². The molecule has 0 radical (unpaired) electrons. The van der Waals surface area contributed by atoms with E-state index in [1.165, 1.54) is 30.4 Å². The Morgan fingerprint density at radius 3 is 2.35 bits per heavy atom. The summed E-state index contributed by atoms with van der Waals surface area (Å²) in [5.41, 5.74) is 4.71. The first-order valence-corrected chi connectivity index (χ1v) is 6.38.